The van der Waals surface area contributed by atoms with E-state index in [0.29, 0.717) is 37.6 Å². The highest BCUT2D eigenvalue weighted by atomic mass is 16.2. The second-order valence-corrected chi connectivity index (χ2v) is 7.07. The minimum atomic E-state index is -0.0455. The maximum atomic E-state index is 12.7. The third kappa shape index (κ3) is 5.04. The zero-order valence-corrected chi connectivity index (χ0v) is 17.4. The van der Waals surface area contributed by atoms with Crippen LogP contribution in [0.4, 0.5) is 17.2 Å². The molecule has 0 spiro atoms. The van der Waals surface area contributed by atoms with E-state index in [4.69, 9.17) is 0 Å². The predicted octanol–water partition coefficient (Wildman–Crippen LogP) is 2.98. The number of aromatic nitrogens is 1. The van der Waals surface area contributed by atoms with Crippen molar-refractivity contribution in [1.82, 2.24) is 14.8 Å². The van der Waals surface area contributed by atoms with Crippen LogP contribution in [0.15, 0.2) is 42.6 Å². The number of piperazine rings is 1. The van der Waals surface area contributed by atoms with Crippen LogP contribution in [0, 0.1) is 0 Å². The second kappa shape index (κ2) is 9.41. The summed E-state index contributed by atoms with van der Waals surface area (Å²) in [5.41, 5.74) is 2.70. The van der Waals surface area contributed by atoms with Gasteiger partial charge in [0, 0.05) is 63.8 Å². The first-order valence-electron chi connectivity index (χ1n) is 10.1. The molecular formula is C22H29N5O2. The average molecular weight is 396 g/mol. The Labute approximate surface area is 172 Å². The van der Waals surface area contributed by atoms with Crippen molar-refractivity contribution in [3.8, 4) is 0 Å². The minimum Gasteiger partial charge on any atom is -0.372 e. The summed E-state index contributed by atoms with van der Waals surface area (Å²) in [7, 11) is 0. The lowest BCUT2D eigenvalue weighted by atomic mass is 10.2. The van der Waals surface area contributed by atoms with Gasteiger partial charge in [0.25, 0.3) is 5.91 Å². The molecule has 1 aliphatic heterocycles. The molecule has 7 heteroatoms. The third-order valence-corrected chi connectivity index (χ3v) is 5.29. The fourth-order valence-corrected chi connectivity index (χ4v) is 3.49. The van der Waals surface area contributed by atoms with Gasteiger partial charge in [-0.1, -0.05) is 0 Å². The molecule has 1 aromatic carbocycles. The molecular weight excluding hydrogens is 366 g/mol. The van der Waals surface area contributed by atoms with Crippen molar-refractivity contribution in [2.24, 2.45) is 0 Å². The van der Waals surface area contributed by atoms with Gasteiger partial charge in [0.05, 0.1) is 5.56 Å². The molecule has 0 saturated carbocycles. The number of carbonyl (C=O) groups is 2. The van der Waals surface area contributed by atoms with Gasteiger partial charge in [0.1, 0.15) is 5.82 Å². The normalized spacial score (nSPS) is 13.9. The molecule has 1 fully saturated rings. The highest BCUT2D eigenvalue weighted by Crippen LogP contribution is 2.20. The Balaban J connectivity index is 1.59. The molecule has 0 unspecified atom stereocenters. The van der Waals surface area contributed by atoms with Gasteiger partial charge in [-0.2, -0.15) is 0 Å². The van der Waals surface area contributed by atoms with E-state index in [9.17, 15) is 9.59 Å². The fourth-order valence-electron chi connectivity index (χ4n) is 3.49. The number of anilines is 3. The van der Waals surface area contributed by atoms with Crippen LogP contribution in [-0.2, 0) is 4.79 Å². The van der Waals surface area contributed by atoms with Crippen LogP contribution in [0.1, 0.15) is 31.1 Å². The lowest BCUT2D eigenvalue weighted by Crippen LogP contribution is -2.50. The van der Waals surface area contributed by atoms with Crippen molar-refractivity contribution in [3.05, 3.63) is 48.2 Å². The van der Waals surface area contributed by atoms with Crippen LogP contribution >= 0.6 is 0 Å². The molecule has 154 valence electrons. The number of hydrogen-bond acceptors (Lipinski definition) is 5. The van der Waals surface area contributed by atoms with E-state index < -0.39 is 0 Å². The van der Waals surface area contributed by atoms with Crippen LogP contribution in [0.25, 0.3) is 0 Å². The first-order valence-corrected chi connectivity index (χ1v) is 10.1. The van der Waals surface area contributed by atoms with Gasteiger partial charge in [-0.05, 0) is 50.2 Å². The standard InChI is InChI=1S/C22H29N5O2/c1-4-25(5-2)20-9-7-19(8-10-20)24-21-11-6-18(16-23-21)22(29)27-14-12-26(13-15-27)17(3)28/h6-11,16H,4-5,12-15H2,1-3H3,(H,23,24). The molecule has 1 aliphatic rings. The zero-order chi connectivity index (χ0) is 20.8. The Morgan fingerprint density at radius 3 is 2.10 bits per heavy atom. The van der Waals surface area contributed by atoms with E-state index in [2.05, 4.69) is 41.2 Å². The summed E-state index contributed by atoms with van der Waals surface area (Å²) in [6.45, 7) is 10.1. The summed E-state index contributed by atoms with van der Waals surface area (Å²) >= 11 is 0. The van der Waals surface area contributed by atoms with E-state index >= 15 is 0 Å². The summed E-state index contributed by atoms with van der Waals surface area (Å²) in [5.74, 6) is 0.702. The van der Waals surface area contributed by atoms with Gasteiger partial charge in [0.2, 0.25) is 5.91 Å². The van der Waals surface area contributed by atoms with Gasteiger partial charge < -0.3 is 20.0 Å². The molecule has 1 saturated heterocycles. The second-order valence-electron chi connectivity index (χ2n) is 7.07. The van der Waals surface area contributed by atoms with E-state index in [1.807, 2.05) is 18.2 Å². The number of hydrogen-bond donors (Lipinski definition) is 1. The van der Waals surface area contributed by atoms with E-state index in [1.165, 1.54) is 5.69 Å². The van der Waals surface area contributed by atoms with Crippen molar-refractivity contribution in [3.63, 3.8) is 0 Å². The van der Waals surface area contributed by atoms with Crippen LogP contribution in [0.3, 0.4) is 0 Å². The predicted molar refractivity (Wildman–Crippen MR) is 116 cm³/mol. The summed E-state index contributed by atoms with van der Waals surface area (Å²) < 4.78 is 0. The summed E-state index contributed by atoms with van der Waals surface area (Å²) in [4.78, 5) is 34.3. The summed E-state index contributed by atoms with van der Waals surface area (Å²) in [6.07, 6.45) is 1.60. The third-order valence-electron chi connectivity index (χ3n) is 5.29. The fraction of sp³-hybridized carbons (Fsp3) is 0.409. The van der Waals surface area contributed by atoms with Crippen molar-refractivity contribution in [2.45, 2.75) is 20.8 Å². The smallest absolute Gasteiger partial charge is 0.255 e. The number of amides is 2. The number of rotatable bonds is 6. The highest BCUT2D eigenvalue weighted by molar-refractivity contribution is 5.94. The van der Waals surface area contributed by atoms with Crippen LogP contribution < -0.4 is 10.2 Å². The number of carbonyl (C=O) groups excluding carboxylic acids is 2. The molecule has 0 bridgehead atoms. The average Bonchev–Trinajstić information content (AvgIpc) is 2.76. The monoisotopic (exact) mass is 395 g/mol. The SMILES string of the molecule is CCN(CC)c1ccc(Nc2ccc(C(=O)N3CCN(C(C)=O)CC3)cn2)cc1. The Hall–Kier alpha value is -3.09. The lowest BCUT2D eigenvalue weighted by Gasteiger charge is -2.34. The van der Waals surface area contributed by atoms with Gasteiger partial charge in [-0.15, -0.1) is 0 Å². The number of pyridine rings is 1. The van der Waals surface area contributed by atoms with Gasteiger partial charge >= 0.3 is 0 Å². The maximum absolute atomic E-state index is 12.7. The Bertz CT molecular complexity index is 823. The van der Waals surface area contributed by atoms with Crippen molar-refractivity contribution in [1.29, 1.82) is 0 Å². The van der Waals surface area contributed by atoms with Gasteiger partial charge in [0.15, 0.2) is 0 Å². The first-order chi connectivity index (χ1) is 14.0. The van der Waals surface area contributed by atoms with E-state index in [0.717, 1.165) is 18.8 Å². The summed E-state index contributed by atoms with van der Waals surface area (Å²) in [6, 6.07) is 11.9. The number of benzene rings is 1. The lowest BCUT2D eigenvalue weighted by molar-refractivity contribution is -0.130. The highest BCUT2D eigenvalue weighted by Gasteiger charge is 2.23. The minimum absolute atomic E-state index is 0.0455. The van der Waals surface area contributed by atoms with E-state index in [1.54, 1.807) is 29.0 Å². The number of nitrogens with one attached hydrogen (secondary N) is 1. The van der Waals surface area contributed by atoms with Gasteiger partial charge in [-0.3, -0.25) is 9.59 Å². The molecule has 2 aromatic rings. The molecule has 0 atom stereocenters. The molecule has 2 amide bonds. The van der Waals surface area contributed by atoms with Crippen molar-refractivity contribution >= 4 is 29.0 Å². The Morgan fingerprint density at radius 2 is 1.59 bits per heavy atom. The van der Waals surface area contributed by atoms with Crippen LogP contribution in [0.5, 0.6) is 0 Å². The molecule has 7 nitrogen and oxygen atoms in total. The largest absolute Gasteiger partial charge is 0.372 e. The molecule has 2 heterocycles. The summed E-state index contributed by atoms with van der Waals surface area (Å²) in [5, 5.41) is 3.27. The van der Waals surface area contributed by atoms with Crippen LogP contribution in [0.2, 0.25) is 0 Å². The molecule has 3 rings (SSSR count). The topological polar surface area (TPSA) is 68.8 Å². The molecule has 0 aliphatic carbocycles. The number of nitrogens with zero attached hydrogens (tertiary/aromatic N) is 4. The van der Waals surface area contributed by atoms with Gasteiger partial charge in [-0.25, -0.2) is 4.98 Å². The maximum Gasteiger partial charge on any atom is 0.255 e. The molecule has 1 aromatic heterocycles. The van der Waals surface area contributed by atoms with E-state index in [-0.39, 0.29) is 11.8 Å². The first kappa shape index (κ1) is 20.6. The molecule has 29 heavy (non-hydrogen) atoms. The van der Waals surface area contributed by atoms with Crippen LogP contribution in [-0.4, -0.2) is 65.9 Å². The zero-order valence-electron chi connectivity index (χ0n) is 17.4. The molecule has 1 N–H and O–H groups in total. The molecule has 0 radical (unpaired) electrons. The Morgan fingerprint density at radius 1 is 0.966 bits per heavy atom. The van der Waals surface area contributed by atoms with Crippen molar-refractivity contribution in [2.75, 3.05) is 49.5 Å². The quantitative estimate of drug-likeness (QED) is 0.814. The van der Waals surface area contributed by atoms with Crippen molar-refractivity contribution < 1.29 is 9.59 Å². The Kier molecular flexibility index (Phi) is 6.69.